The maximum absolute atomic E-state index is 9.00. The van der Waals surface area contributed by atoms with Crippen LogP contribution in [-0.2, 0) is 6.42 Å². The van der Waals surface area contributed by atoms with Gasteiger partial charge in [-0.3, -0.25) is 0 Å². The minimum Gasteiger partial charge on any atom is -0.486 e. The quantitative estimate of drug-likeness (QED) is 0.735. The molecule has 0 aromatic heterocycles. The maximum Gasteiger partial charge on any atom is 0.165 e. The summed E-state index contributed by atoms with van der Waals surface area (Å²) in [7, 11) is 0. The van der Waals surface area contributed by atoms with Gasteiger partial charge in [0.2, 0.25) is 0 Å². The van der Waals surface area contributed by atoms with Crippen molar-refractivity contribution < 1.29 is 9.47 Å². The molecule has 0 N–H and O–H groups in total. The number of nitrogens with zero attached hydrogens (tertiary/aromatic N) is 1. The molecule has 15 heavy (non-hydrogen) atoms. The molecule has 0 radical (unpaired) electrons. The van der Waals surface area contributed by atoms with Gasteiger partial charge in [-0.05, 0) is 6.42 Å². The molecule has 1 heterocycles. The Bertz CT molecular complexity index is 437. The highest BCUT2D eigenvalue weighted by atomic mass is 35.5. The minimum absolute atomic E-state index is 0.429. The molecule has 1 aliphatic heterocycles. The lowest BCUT2D eigenvalue weighted by atomic mass is 10.0. The monoisotopic (exact) mass is 223 g/mol. The van der Waals surface area contributed by atoms with E-state index in [1.54, 1.807) is 6.07 Å². The Morgan fingerprint density at radius 3 is 2.87 bits per heavy atom. The third-order valence-corrected chi connectivity index (χ3v) is 2.65. The average molecular weight is 224 g/mol. The van der Waals surface area contributed by atoms with Crippen LogP contribution in [0.15, 0.2) is 6.07 Å². The highest BCUT2D eigenvalue weighted by Crippen LogP contribution is 2.39. The molecule has 0 bridgehead atoms. The summed E-state index contributed by atoms with van der Waals surface area (Å²) in [6, 6.07) is 3.74. The number of benzene rings is 1. The Balaban J connectivity index is 2.66. The average Bonchev–Trinajstić information content (AvgIpc) is 2.27. The summed E-state index contributed by atoms with van der Waals surface area (Å²) in [5.74, 6) is 1.31. The molecule has 4 heteroatoms. The second-order valence-corrected chi connectivity index (χ2v) is 3.61. The van der Waals surface area contributed by atoms with E-state index in [1.807, 2.05) is 6.92 Å². The molecule has 0 aliphatic carbocycles. The van der Waals surface area contributed by atoms with Crippen LogP contribution in [0.2, 0.25) is 5.02 Å². The Morgan fingerprint density at radius 2 is 2.20 bits per heavy atom. The number of fused-ring (bicyclic) bond motifs is 1. The Hall–Kier alpha value is -1.40. The lowest BCUT2D eigenvalue weighted by Gasteiger charge is -2.22. The number of ether oxygens (including phenoxy) is 2. The van der Waals surface area contributed by atoms with Gasteiger partial charge < -0.3 is 9.47 Å². The van der Waals surface area contributed by atoms with Crippen LogP contribution >= 0.6 is 11.6 Å². The predicted molar refractivity (Wildman–Crippen MR) is 56.5 cm³/mol. The first-order valence-electron chi connectivity index (χ1n) is 4.79. The van der Waals surface area contributed by atoms with Gasteiger partial charge in [0.1, 0.15) is 19.3 Å². The second-order valence-electron chi connectivity index (χ2n) is 3.20. The molecule has 0 spiro atoms. The molecule has 0 amide bonds. The number of halogens is 1. The molecule has 0 atom stereocenters. The van der Waals surface area contributed by atoms with Gasteiger partial charge in [-0.2, -0.15) is 5.26 Å². The van der Waals surface area contributed by atoms with Gasteiger partial charge in [0, 0.05) is 11.6 Å². The van der Waals surface area contributed by atoms with E-state index in [0.717, 1.165) is 5.56 Å². The molecule has 3 nitrogen and oxygen atoms in total. The number of hydrogen-bond donors (Lipinski definition) is 0. The van der Waals surface area contributed by atoms with Gasteiger partial charge in [-0.15, -0.1) is 0 Å². The van der Waals surface area contributed by atoms with Gasteiger partial charge in [0.15, 0.2) is 11.5 Å². The Labute approximate surface area is 93.2 Å². The van der Waals surface area contributed by atoms with Gasteiger partial charge in [-0.1, -0.05) is 18.5 Å². The fourth-order valence-corrected chi connectivity index (χ4v) is 1.93. The molecule has 0 saturated heterocycles. The van der Waals surface area contributed by atoms with E-state index in [0.29, 0.717) is 41.7 Å². The summed E-state index contributed by atoms with van der Waals surface area (Å²) in [5, 5.41) is 9.43. The van der Waals surface area contributed by atoms with Gasteiger partial charge in [0.05, 0.1) is 10.6 Å². The number of rotatable bonds is 1. The summed E-state index contributed by atoms with van der Waals surface area (Å²) < 4.78 is 10.9. The maximum atomic E-state index is 9.00. The lowest BCUT2D eigenvalue weighted by Crippen LogP contribution is -2.17. The van der Waals surface area contributed by atoms with Crippen LogP contribution in [0.5, 0.6) is 11.5 Å². The Kier molecular flexibility index (Phi) is 2.70. The topological polar surface area (TPSA) is 42.2 Å². The van der Waals surface area contributed by atoms with Crippen molar-refractivity contribution >= 4 is 11.6 Å². The third kappa shape index (κ3) is 1.62. The van der Waals surface area contributed by atoms with Crippen molar-refractivity contribution in [3.63, 3.8) is 0 Å². The van der Waals surface area contributed by atoms with Crippen molar-refractivity contribution in [3.05, 3.63) is 22.2 Å². The molecule has 0 saturated carbocycles. The van der Waals surface area contributed by atoms with Gasteiger partial charge >= 0.3 is 0 Å². The zero-order valence-corrected chi connectivity index (χ0v) is 9.10. The van der Waals surface area contributed by atoms with E-state index in [4.69, 9.17) is 26.3 Å². The molecule has 1 aliphatic rings. The smallest absolute Gasteiger partial charge is 0.165 e. The van der Waals surface area contributed by atoms with E-state index >= 15 is 0 Å². The summed E-state index contributed by atoms with van der Waals surface area (Å²) in [6.07, 6.45) is 0.704. The lowest BCUT2D eigenvalue weighted by molar-refractivity contribution is 0.170. The molecule has 2 rings (SSSR count). The van der Waals surface area contributed by atoms with Crippen molar-refractivity contribution in [1.82, 2.24) is 0 Å². The van der Waals surface area contributed by atoms with Crippen LogP contribution < -0.4 is 9.47 Å². The minimum atomic E-state index is 0.429. The molecule has 0 unspecified atom stereocenters. The van der Waals surface area contributed by atoms with Crippen molar-refractivity contribution in [3.8, 4) is 17.6 Å². The van der Waals surface area contributed by atoms with E-state index < -0.39 is 0 Å². The third-order valence-electron chi connectivity index (χ3n) is 2.35. The van der Waals surface area contributed by atoms with Crippen LogP contribution in [0.1, 0.15) is 18.1 Å². The first kappa shape index (κ1) is 10.1. The summed E-state index contributed by atoms with van der Waals surface area (Å²) >= 11 is 5.99. The van der Waals surface area contributed by atoms with Crippen LogP contribution in [0.3, 0.4) is 0 Å². The van der Waals surface area contributed by atoms with Crippen molar-refractivity contribution in [2.45, 2.75) is 13.3 Å². The molecule has 1 aromatic carbocycles. The second kappa shape index (κ2) is 4.00. The summed E-state index contributed by atoms with van der Waals surface area (Å²) in [6.45, 7) is 3.01. The van der Waals surface area contributed by atoms with E-state index in [9.17, 15) is 0 Å². The summed E-state index contributed by atoms with van der Waals surface area (Å²) in [5.41, 5.74) is 1.32. The molecular weight excluding hydrogens is 214 g/mol. The largest absolute Gasteiger partial charge is 0.486 e. The molecule has 0 fully saturated rings. The van der Waals surface area contributed by atoms with E-state index in [2.05, 4.69) is 6.07 Å². The van der Waals surface area contributed by atoms with Crippen LogP contribution in [0.25, 0.3) is 0 Å². The van der Waals surface area contributed by atoms with E-state index in [1.165, 1.54) is 0 Å². The highest BCUT2D eigenvalue weighted by Gasteiger charge is 2.20. The normalized spacial score (nSPS) is 13.4. The Morgan fingerprint density at radius 1 is 1.47 bits per heavy atom. The van der Waals surface area contributed by atoms with Crippen LogP contribution in [0, 0.1) is 11.3 Å². The van der Waals surface area contributed by atoms with Crippen molar-refractivity contribution in [2.24, 2.45) is 0 Å². The molecular formula is C11H10ClNO2. The number of nitriles is 1. The first-order chi connectivity index (χ1) is 7.27. The van der Waals surface area contributed by atoms with E-state index in [-0.39, 0.29) is 0 Å². The first-order valence-corrected chi connectivity index (χ1v) is 5.16. The predicted octanol–water partition coefficient (Wildman–Crippen LogP) is 2.55. The SMILES string of the molecule is CCc1c(C#N)c(Cl)cc2c1OCCO2. The highest BCUT2D eigenvalue weighted by molar-refractivity contribution is 6.32. The van der Waals surface area contributed by atoms with Crippen molar-refractivity contribution in [1.29, 1.82) is 5.26 Å². The fourth-order valence-electron chi connectivity index (χ4n) is 1.68. The number of hydrogen-bond acceptors (Lipinski definition) is 3. The molecule has 78 valence electrons. The fraction of sp³-hybridized carbons (Fsp3) is 0.364. The van der Waals surface area contributed by atoms with Crippen molar-refractivity contribution in [2.75, 3.05) is 13.2 Å². The van der Waals surface area contributed by atoms with Crippen LogP contribution in [-0.4, -0.2) is 13.2 Å². The van der Waals surface area contributed by atoms with Gasteiger partial charge in [0.25, 0.3) is 0 Å². The summed E-state index contributed by atoms with van der Waals surface area (Å²) in [4.78, 5) is 0. The van der Waals surface area contributed by atoms with Crippen LogP contribution in [0.4, 0.5) is 0 Å². The molecule has 1 aromatic rings. The zero-order chi connectivity index (χ0) is 10.8. The zero-order valence-electron chi connectivity index (χ0n) is 8.34. The van der Waals surface area contributed by atoms with Gasteiger partial charge in [-0.25, -0.2) is 0 Å². The standard InChI is InChI=1S/C11H10ClNO2/c1-2-7-8(6-13)9(12)5-10-11(7)15-4-3-14-10/h5H,2-4H2,1H3.